The molecule has 6 nitrogen and oxygen atoms in total. The maximum Gasteiger partial charge on any atom is 0.417 e. The maximum absolute atomic E-state index is 11.2. The van der Waals surface area contributed by atoms with E-state index in [0.717, 1.165) is 18.2 Å². The lowest BCUT2D eigenvalue weighted by Crippen LogP contribution is -2.53. The summed E-state index contributed by atoms with van der Waals surface area (Å²) in [7, 11) is 0. The molecule has 4 N–H and O–H groups in total. The molecule has 3 fully saturated rings. The van der Waals surface area contributed by atoms with Crippen LogP contribution in [-0.4, -0.2) is 35.6 Å². The number of nitrogen functional groups attached to an aromatic ring is 1. The zero-order chi connectivity index (χ0) is 13.7. The first-order valence-electron chi connectivity index (χ1n) is 7.10. The molecular weight excluding hydrogens is 256 g/mol. The topological polar surface area (TPSA) is 87.3 Å². The zero-order valence-electron chi connectivity index (χ0n) is 11.2. The molecule has 1 unspecified atom stereocenters. The van der Waals surface area contributed by atoms with Crippen molar-refractivity contribution in [3.8, 4) is 0 Å². The Morgan fingerprint density at radius 1 is 1.35 bits per heavy atom. The van der Waals surface area contributed by atoms with Crippen LogP contribution in [0, 0.1) is 5.92 Å². The molecule has 2 aromatic rings. The second-order valence-corrected chi connectivity index (χ2v) is 5.84. The van der Waals surface area contributed by atoms with Crippen LogP contribution in [0.25, 0.3) is 11.1 Å². The molecule has 0 amide bonds. The molecule has 6 heteroatoms. The van der Waals surface area contributed by atoms with Crippen LogP contribution in [0.1, 0.15) is 12.8 Å². The summed E-state index contributed by atoms with van der Waals surface area (Å²) in [4.78, 5) is 16.4. The van der Waals surface area contributed by atoms with E-state index in [4.69, 9.17) is 10.2 Å². The van der Waals surface area contributed by atoms with Crippen molar-refractivity contribution in [3.05, 3.63) is 22.7 Å². The molecule has 3 aliphatic rings. The fourth-order valence-corrected chi connectivity index (χ4v) is 3.47. The highest BCUT2D eigenvalue weighted by Crippen LogP contribution is 2.32. The van der Waals surface area contributed by atoms with E-state index < -0.39 is 5.76 Å². The van der Waals surface area contributed by atoms with Gasteiger partial charge in [0.15, 0.2) is 5.58 Å². The third kappa shape index (κ3) is 1.87. The summed E-state index contributed by atoms with van der Waals surface area (Å²) >= 11 is 0. The summed E-state index contributed by atoms with van der Waals surface area (Å²) in [6, 6.07) is 4.01. The minimum atomic E-state index is -0.445. The summed E-state index contributed by atoms with van der Waals surface area (Å²) < 4.78 is 5.02. The van der Waals surface area contributed by atoms with Crippen LogP contribution in [0.2, 0.25) is 0 Å². The number of nitrogens with two attached hydrogens (primary N) is 1. The molecule has 5 rings (SSSR count). The Bertz CT molecular complexity index is 697. The minimum absolute atomic E-state index is 0.441. The molecule has 1 aromatic carbocycles. The number of oxazole rings is 1. The number of fused-ring (bicyclic) bond motifs is 4. The highest BCUT2D eigenvalue weighted by atomic mass is 16.4. The van der Waals surface area contributed by atoms with Crippen molar-refractivity contribution < 1.29 is 4.42 Å². The SMILES string of the molecule is Nc1cc2oc(=O)[nH]c2cc1NC1CN2CCC1CC2. The van der Waals surface area contributed by atoms with Crippen molar-refractivity contribution in [3.63, 3.8) is 0 Å². The molecule has 0 radical (unpaired) electrons. The van der Waals surface area contributed by atoms with Crippen LogP contribution in [0.5, 0.6) is 0 Å². The van der Waals surface area contributed by atoms with Gasteiger partial charge in [0.25, 0.3) is 0 Å². The lowest BCUT2D eigenvalue weighted by molar-refractivity contribution is 0.0975. The van der Waals surface area contributed by atoms with E-state index >= 15 is 0 Å². The Kier molecular flexibility index (Phi) is 2.53. The van der Waals surface area contributed by atoms with E-state index in [-0.39, 0.29) is 0 Å². The monoisotopic (exact) mass is 274 g/mol. The number of aromatic nitrogens is 1. The van der Waals surface area contributed by atoms with Crippen LogP contribution < -0.4 is 16.8 Å². The van der Waals surface area contributed by atoms with Gasteiger partial charge in [-0.25, -0.2) is 4.79 Å². The number of nitrogens with zero attached hydrogens (tertiary/aromatic N) is 1. The summed E-state index contributed by atoms with van der Waals surface area (Å²) in [6.07, 6.45) is 2.50. The van der Waals surface area contributed by atoms with Crippen LogP contribution >= 0.6 is 0 Å². The number of H-pyrrole nitrogens is 1. The molecule has 0 spiro atoms. The van der Waals surface area contributed by atoms with E-state index in [9.17, 15) is 4.79 Å². The van der Waals surface area contributed by atoms with Crippen LogP contribution in [0.4, 0.5) is 11.4 Å². The number of rotatable bonds is 2. The molecule has 2 bridgehead atoms. The van der Waals surface area contributed by atoms with Crippen molar-refractivity contribution >= 4 is 22.5 Å². The molecular formula is C14H18N4O2. The molecule has 106 valence electrons. The van der Waals surface area contributed by atoms with Gasteiger partial charge >= 0.3 is 5.76 Å². The lowest BCUT2D eigenvalue weighted by atomic mass is 9.84. The number of piperidine rings is 3. The van der Waals surface area contributed by atoms with Crippen LogP contribution in [0.3, 0.4) is 0 Å². The smallest absolute Gasteiger partial charge is 0.408 e. The van der Waals surface area contributed by atoms with Gasteiger partial charge in [-0.2, -0.15) is 0 Å². The molecule has 3 aliphatic heterocycles. The van der Waals surface area contributed by atoms with Crippen molar-refractivity contribution in [1.82, 2.24) is 9.88 Å². The van der Waals surface area contributed by atoms with Gasteiger partial charge in [-0.15, -0.1) is 0 Å². The van der Waals surface area contributed by atoms with Gasteiger partial charge in [0, 0.05) is 18.7 Å². The van der Waals surface area contributed by atoms with Gasteiger partial charge in [-0.05, 0) is 37.9 Å². The average molecular weight is 274 g/mol. The van der Waals surface area contributed by atoms with Crippen LogP contribution in [-0.2, 0) is 0 Å². The molecule has 1 atom stereocenters. The van der Waals surface area contributed by atoms with E-state index in [0.29, 0.717) is 22.8 Å². The number of aromatic amines is 1. The van der Waals surface area contributed by atoms with E-state index in [2.05, 4.69) is 15.2 Å². The van der Waals surface area contributed by atoms with E-state index in [1.165, 1.54) is 25.9 Å². The van der Waals surface area contributed by atoms with Gasteiger partial charge in [-0.3, -0.25) is 4.98 Å². The summed E-state index contributed by atoms with van der Waals surface area (Å²) in [5, 5.41) is 3.55. The maximum atomic E-state index is 11.2. The van der Waals surface area contributed by atoms with Crippen LogP contribution in [0.15, 0.2) is 21.3 Å². The highest BCUT2D eigenvalue weighted by Gasteiger charge is 2.34. The molecule has 4 heterocycles. The molecule has 3 saturated heterocycles. The quantitative estimate of drug-likeness (QED) is 0.716. The fourth-order valence-electron chi connectivity index (χ4n) is 3.47. The van der Waals surface area contributed by atoms with Crippen molar-refractivity contribution in [1.29, 1.82) is 0 Å². The molecule has 20 heavy (non-hydrogen) atoms. The zero-order valence-corrected chi connectivity index (χ0v) is 11.2. The summed E-state index contributed by atoms with van der Waals surface area (Å²) in [6.45, 7) is 3.50. The fraction of sp³-hybridized carbons (Fsp3) is 0.500. The Morgan fingerprint density at radius 2 is 2.15 bits per heavy atom. The second kappa shape index (κ2) is 4.28. The number of benzene rings is 1. The van der Waals surface area contributed by atoms with Gasteiger partial charge < -0.3 is 20.4 Å². The average Bonchev–Trinajstić information content (AvgIpc) is 2.80. The number of anilines is 2. The Labute approximate surface area is 115 Å². The van der Waals surface area contributed by atoms with Crippen molar-refractivity contribution in [2.24, 2.45) is 5.92 Å². The van der Waals surface area contributed by atoms with E-state index in [1.54, 1.807) is 6.07 Å². The predicted octanol–water partition coefficient (Wildman–Crippen LogP) is 1.21. The summed E-state index contributed by atoms with van der Waals surface area (Å²) in [5.41, 5.74) is 8.76. The number of nitrogens with one attached hydrogen (secondary N) is 2. The van der Waals surface area contributed by atoms with Gasteiger partial charge in [-0.1, -0.05) is 0 Å². The number of hydrogen-bond acceptors (Lipinski definition) is 5. The molecule has 0 saturated carbocycles. The first-order chi connectivity index (χ1) is 9.69. The van der Waals surface area contributed by atoms with E-state index in [1.807, 2.05) is 6.07 Å². The predicted molar refractivity (Wildman–Crippen MR) is 77.8 cm³/mol. The third-order valence-corrected chi connectivity index (χ3v) is 4.59. The summed E-state index contributed by atoms with van der Waals surface area (Å²) in [5.74, 6) is 0.276. The first-order valence-corrected chi connectivity index (χ1v) is 7.10. The van der Waals surface area contributed by atoms with Crippen molar-refractivity contribution in [2.45, 2.75) is 18.9 Å². The van der Waals surface area contributed by atoms with Gasteiger partial charge in [0.2, 0.25) is 0 Å². The number of hydrogen-bond donors (Lipinski definition) is 3. The normalized spacial score (nSPS) is 28.9. The molecule has 0 aliphatic carbocycles. The first kappa shape index (κ1) is 11.8. The third-order valence-electron chi connectivity index (χ3n) is 4.59. The largest absolute Gasteiger partial charge is 0.417 e. The van der Waals surface area contributed by atoms with Gasteiger partial charge in [0.05, 0.1) is 16.9 Å². The van der Waals surface area contributed by atoms with Crippen molar-refractivity contribution in [2.75, 3.05) is 30.7 Å². The van der Waals surface area contributed by atoms with Gasteiger partial charge in [0.1, 0.15) is 0 Å². The Morgan fingerprint density at radius 3 is 2.85 bits per heavy atom. The Hall–Kier alpha value is -1.95. The Balaban J connectivity index is 1.64. The highest BCUT2D eigenvalue weighted by molar-refractivity contribution is 5.85. The standard InChI is InChI=1S/C14H18N4O2/c15-9-5-13-11(17-14(19)20-13)6-10(9)16-12-7-18-3-1-8(12)2-4-18/h5-6,8,12,16H,1-4,7,15H2,(H,17,19). The molecule has 1 aromatic heterocycles. The minimum Gasteiger partial charge on any atom is -0.408 e. The lowest BCUT2D eigenvalue weighted by Gasteiger charge is -2.45. The second-order valence-electron chi connectivity index (χ2n) is 5.84.